The molecule has 96 valence electrons. The van der Waals surface area contributed by atoms with Crippen LogP contribution in [0.4, 0.5) is 0 Å². The van der Waals surface area contributed by atoms with Crippen LogP contribution >= 0.6 is 27.5 Å². The first-order valence-electron chi connectivity index (χ1n) is 5.54. The third-order valence-corrected chi connectivity index (χ3v) is 3.90. The summed E-state index contributed by atoms with van der Waals surface area (Å²) in [5.74, 6) is -0.655. The van der Waals surface area contributed by atoms with E-state index in [1.54, 1.807) is 19.9 Å². The highest BCUT2D eigenvalue weighted by Crippen LogP contribution is 2.31. The molecule has 0 aliphatic rings. The fourth-order valence-electron chi connectivity index (χ4n) is 1.74. The zero-order chi connectivity index (χ0) is 13.3. The van der Waals surface area contributed by atoms with Crippen LogP contribution in [0.15, 0.2) is 16.6 Å². The molecule has 4 nitrogen and oxygen atoms in total. The van der Waals surface area contributed by atoms with E-state index in [1.807, 2.05) is 6.07 Å². The number of nitrogens with zero attached hydrogens (tertiary/aromatic N) is 1. The number of hydrogen-bond donors (Lipinski definition) is 1. The van der Waals surface area contributed by atoms with Crippen LogP contribution in [0.5, 0.6) is 0 Å². The molecule has 2 rings (SSSR count). The maximum atomic E-state index is 11.7. The Bertz CT molecular complexity index is 597. The van der Waals surface area contributed by atoms with E-state index < -0.39 is 0 Å². The Labute approximate surface area is 118 Å². The van der Waals surface area contributed by atoms with Gasteiger partial charge in [-0.05, 0) is 41.9 Å². The molecular formula is C12H12BrClN2O2. The van der Waals surface area contributed by atoms with Gasteiger partial charge in [0.2, 0.25) is 0 Å². The number of carbonyl (C=O) groups is 1. The van der Waals surface area contributed by atoms with Crippen LogP contribution in [0.1, 0.15) is 25.5 Å². The number of esters is 1. The predicted molar refractivity (Wildman–Crippen MR) is 73.9 cm³/mol. The number of hydrogen-bond acceptors (Lipinski definition) is 3. The molecule has 1 unspecified atom stereocenters. The molecule has 0 amide bonds. The van der Waals surface area contributed by atoms with Gasteiger partial charge in [0.15, 0.2) is 0 Å². The second-order valence-electron chi connectivity index (χ2n) is 3.89. The molecule has 0 spiro atoms. The highest BCUT2D eigenvalue weighted by Gasteiger charge is 2.21. The SMILES string of the molecule is CCOC(=O)C(C)c1[nH]nc2cc(Cl)c(Br)cc12. The van der Waals surface area contributed by atoms with E-state index in [-0.39, 0.29) is 11.9 Å². The highest BCUT2D eigenvalue weighted by atomic mass is 79.9. The van der Waals surface area contributed by atoms with Gasteiger partial charge in [-0.15, -0.1) is 0 Å². The second kappa shape index (κ2) is 5.28. The van der Waals surface area contributed by atoms with E-state index in [0.29, 0.717) is 11.6 Å². The molecule has 1 atom stereocenters. The van der Waals surface area contributed by atoms with Gasteiger partial charge in [-0.2, -0.15) is 5.10 Å². The first kappa shape index (κ1) is 13.4. The molecule has 2 aromatic rings. The molecule has 0 radical (unpaired) electrons. The second-order valence-corrected chi connectivity index (χ2v) is 5.16. The largest absolute Gasteiger partial charge is 0.465 e. The van der Waals surface area contributed by atoms with E-state index in [0.717, 1.165) is 21.1 Å². The van der Waals surface area contributed by atoms with Crippen LogP contribution in [-0.2, 0) is 9.53 Å². The molecule has 0 aliphatic carbocycles. The minimum Gasteiger partial charge on any atom is -0.465 e. The van der Waals surface area contributed by atoms with Crippen LogP contribution < -0.4 is 0 Å². The third-order valence-electron chi connectivity index (χ3n) is 2.70. The molecule has 6 heteroatoms. The quantitative estimate of drug-likeness (QED) is 0.874. The molecule has 0 bridgehead atoms. The Morgan fingerprint density at radius 2 is 2.33 bits per heavy atom. The predicted octanol–water partition coefficient (Wildman–Crippen LogP) is 3.65. The van der Waals surface area contributed by atoms with Gasteiger partial charge in [0.1, 0.15) is 0 Å². The fraction of sp³-hybridized carbons (Fsp3) is 0.333. The van der Waals surface area contributed by atoms with Crippen molar-refractivity contribution in [3.05, 3.63) is 27.3 Å². The number of carbonyl (C=O) groups excluding carboxylic acids is 1. The van der Waals surface area contributed by atoms with Crippen LogP contribution in [0.25, 0.3) is 10.9 Å². The van der Waals surface area contributed by atoms with Crippen molar-refractivity contribution in [2.75, 3.05) is 6.61 Å². The molecule has 1 N–H and O–H groups in total. The monoisotopic (exact) mass is 330 g/mol. The first-order chi connectivity index (χ1) is 8.54. The van der Waals surface area contributed by atoms with Crippen molar-refractivity contribution in [2.45, 2.75) is 19.8 Å². The van der Waals surface area contributed by atoms with Crippen LogP contribution in [0.3, 0.4) is 0 Å². The molecule has 0 fully saturated rings. The maximum absolute atomic E-state index is 11.7. The minimum atomic E-state index is -0.386. The summed E-state index contributed by atoms with van der Waals surface area (Å²) in [4.78, 5) is 11.7. The summed E-state index contributed by atoms with van der Waals surface area (Å²) in [7, 11) is 0. The third kappa shape index (κ3) is 2.37. The molecular weight excluding hydrogens is 320 g/mol. The van der Waals surface area contributed by atoms with Crippen molar-refractivity contribution in [3.63, 3.8) is 0 Å². The lowest BCUT2D eigenvalue weighted by molar-refractivity contribution is -0.144. The van der Waals surface area contributed by atoms with Gasteiger partial charge in [0.25, 0.3) is 0 Å². The standard InChI is InChI=1S/C12H12BrClN2O2/c1-3-18-12(17)6(2)11-7-4-8(13)9(14)5-10(7)15-16-11/h4-6H,3H2,1-2H3,(H,15,16). The Balaban J connectivity index is 2.46. The van der Waals surface area contributed by atoms with E-state index in [2.05, 4.69) is 26.1 Å². The molecule has 0 saturated heterocycles. The summed E-state index contributed by atoms with van der Waals surface area (Å²) < 4.78 is 5.78. The molecule has 0 aliphatic heterocycles. The summed E-state index contributed by atoms with van der Waals surface area (Å²) in [6.45, 7) is 3.93. The van der Waals surface area contributed by atoms with Gasteiger partial charge in [-0.3, -0.25) is 9.89 Å². The van der Waals surface area contributed by atoms with Crippen molar-refractivity contribution in [3.8, 4) is 0 Å². The first-order valence-corrected chi connectivity index (χ1v) is 6.71. The van der Waals surface area contributed by atoms with Gasteiger partial charge in [0.05, 0.1) is 28.8 Å². The topological polar surface area (TPSA) is 55.0 Å². The molecule has 1 aromatic carbocycles. The maximum Gasteiger partial charge on any atom is 0.314 e. The lowest BCUT2D eigenvalue weighted by Gasteiger charge is -2.09. The number of H-pyrrole nitrogens is 1. The summed E-state index contributed by atoms with van der Waals surface area (Å²) in [6.07, 6.45) is 0. The number of halogens is 2. The number of rotatable bonds is 3. The lowest BCUT2D eigenvalue weighted by atomic mass is 10.0. The van der Waals surface area contributed by atoms with Crippen molar-refractivity contribution in [1.82, 2.24) is 10.2 Å². The Morgan fingerprint density at radius 3 is 3.00 bits per heavy atom. The van der Waals surface area contributed by atoms with Gasteiger partial charge < -0.3 is 4.74 Å². The Hall–Kier alpha value is -1.07. The summed E-state index contributed by atoms with van der Waals surface area (Å²) in [6, 6.07) is 3.60. The number of fused-ring (bicyclic) bond motifs is 1. The minimum absolute atomic E-state index is 0.269. The lowest BCUT2D eigenvalue weighted by Crippen LogP contribution is -2.13. The summed E-state index contributed by atoms with van der Waals surface area (Å²) >= 11 is 9.36. The molecule has 1 heterocycles. The zero-order valence-electron chi connectivity index (χ0n) is 9.96. The van der Waals surface area contributed by atoms with Crippen molar-refractivity contribution in [1.29, 1.82) is 0 Å². The average molecular weight is 332 g/mol. The van der Waals surface area contributed by atoms with Crippen molar-refractivity contribution < 1.29 is 9.53 Å². The van der Waals surface area contributed by atoms with E-state index >= 15 is 0 Å². The molecule has 18 heavy (non-hydrogen) atoms. The number of nitrogens with one attached hydrogen (secondary N) is 1. The van der Waals surface area contributed by atoms with E-state index in [9.17, 15) is 4.79 Å². The van der Waals surface area contributed by atoms with Gasteiger partial charge in [-0.1, -0.05) is 11.6 Å². The molecule has 0 saturated carbocycles. The summed E-state index contributed by atoms with van der Waals surface area (Å²) in [5.41, 5.74) is 1.47. The normalized spacial score (nSPS) is 12.7. The van der Waals surface area contributed by atoms with Crippen molar-refractivity contribution >= 4 is 44.4 Å². The van der Waals surface area contributed by atoms with Crippen molar-refractivity contribution in [2.24, 2.45) is 0 Å². The zero-order valence-corrected chi connectivity index (χ0v) is 12.3. The highest BCUT2D eigenvalue weighted by molar-refractivity contribution is 9.10. The van der Waals surface area contributed by atoms with Gasteiger partial charge >= 0.3 is 5.97 Å². The van der Waals surface area contributed by atoms with Crippen LogP contribution in [-0.4, -0.2) is 22.8 Å². The smallest absolute Gasteiger partial charge is 0.314 e. The number of benzene rings is 1. The average Bonchev–Trinajstić information content (AvgIpc) is 2.72. The fourth-order valence-corrected chi connectivity index (χ4v) is 2.24. The van der Waals surface area contributed by atoms with E-state index in [4.69, 9.17) is 16.3 Å². The van der Waals surface area contributed by atoms with Crippen LogP contribution in [0.2, 0.25) is 5.02 Å². The van der Waals surface area contributed by atoms with E-state index in [1.165, 1.54) is 0 Å². The Kier molecular flexibility index (Phi) is 3.92. The van der Waals surface area contributed by atoms with Gasteiger partial charge in [0, 0.05) is 9.86 Å². The molecule has 1 aromatic heterocycles. The number of aromatic nitrogens is 2. The number of aromatic amines is 1. The Morgan fingerprint density at radius 1 is 1.61 bits per heavy atom. The number of ether oxygens (including phenoxy) is 1. The summed E-state index contributed by atoms with van der Waals surface area (Å²) in [5, 5.41) is 8.48. The van der Waals surface area contributed by atoms with Gasteiger partial charge in [-0.25, -0.2) is 0 Å². The van der Waals surface area contributed by atoms with Crippen LogP contribution in [0, 0.1) is 0 Å².